The Bertz CT molecular complexity index is 898. The maximum absolute atomic E-state index is 11.6. The van der Waals surface area contributed by atoms with Gasteiger partial charge >= 0.3 is 0 Å². The van der Waals surface area contributed by atoms with Gasteiger partial charge in [-0.25, -0.2) is 18.5 Å². The highest BCUT2D eigenvalue weighted by molar-refractivity contribution is 7.81. The minimum atomic E-state index is -0.874. The number of hydrogen-bond acceptors (Lipinski definition) is 5. The SMILES string of the molecule is Cn1nc2c(c1C1CC1)-c1nc(NC3CCN(S(C)=O)CC3)ncc1CC2. The second-order valence-corrected chi connectivity index (χ2v) is 9.31. The molecule has 144 valence electrons. The highest BCUT2D eigenvalue weighted by Crippen LogP contribution is 2.47. The maximum Gasteiger partial charge on any atom is 0.223 e. The van der Waals surface area contributed by atoms with Crippen LogP contribution < -0.4 is 5.32 Å². The molecule has 8 heteroatoms. The monoisotopic (exact) mass is 386 g/mol. The number of anilines is 1. The van der Waals surface area contributed by atoms with Crippen LogP contribution in [0.2, 0.25) is 0 Å². The molecule has 0 amide bonds. The number of nitrogens with zero attached hydrogens (tertiary/aromatic N) is 5. The van der Waals surface area contributed by atoms with Crippen molar-refractivity contribution in [2.45, 2.75) is 50.5 Å². The van der Waals surface area contributed by atoms with E-state index < -0.39 is 11.0 Å². The molecule has 0 spiro atoms. The van der Waals surface area contributed by atoms with Crippen LogP contribution >= 0.6 is 0 Å². The summed E-state index contributed by atoms with van der Waals surface area (Å²) < 4.78 is 15.7. The first-order valence-corrected chi connectivity index (χ1v) is 11.4. The third kappa shape index (κ3) is 3.18. The van der Waals surface area contributed by atoms with E-state index in [0.29, 0.717) is 17.9 Å². The number of piperidine rings is 1. The Morgan fingerprint density at radius 3 is 2.67 bits per heavy atom. The van der Waals surface area contributed by atoms with Gasteiger partial charge in [-0.05, 0) is 44.1 Å². The fourth-order valence-corrected chi connectivity index (χ4v) is 5.15. The summed E-state index contributed by atoms with van der Waals surface area (Å²) in [5.41, 5.74) is 6.13. The van der Waals surface area contributed by atoms with Crippen molar-refractivity contribution in [2.24, 2.45) is 7.05 Å². The molecule has 7 nitrogen and oxygen atoms in total. The van der Waals surface area contributed by atoms with Gasteiger partial charge in [-0.15, -0.1) is 0 Å². The summed E-state index contributed by atoms with van der Waals surface area (Å²) in [4.78, 5) is 9.52. The van der Waals surface area contributed by atoms with Gasteiger partial charge in [0, 0.05) is 50.1 Å². The van der Waals surface area contributed by atoms with Gasteiger partial charge in [0.15, 0.2) is 0 Å². The van der Waals surface area contributed by atoms with Crippen molar-refractivity contribution in [1.82, 2.24) is 24.1 Å². The second kappa shape index (κ2) is 6.67. The normalized spacial score (nSPS) is 21.6. The van der Waals surface area contributed by atoms with Crippen LogP contribution in [0.3, 0.4) is 0 Å². The largest absolute Gasteiger partial charge is 0.351 e. The molecule has 1 N–H and O–H groups in total. The lowest BCUT2D eigenvalue weighted by Crippen LogP contribution is -2.39. The fraction of sp³-hybridized carbons (Fsp3) is 0.632. The standard InChI is InChI=1S/C19H26N6OS/c1-24-18(12-3-4-12)16-15(23-24)6-5-13-11-20-19(22-17(13)16)21-14-7-9-25(10-8-14)27(2)26/h11-12,14H,3-10H2,1-2H3,(H,20,21,22). The van der Waals surface area contributed by atoms with Crippen LogP contribution in [0, 0.1) is 0 Å². The number of aromatic nitrogens is 4. The average molecular weight is 387 g/mol. The van der Waals surface area contributed by atoms with Gasteiger partial charge in [-0.2, -0.15) is 5.10 Å². The van der Waals surface area contributed by atoms with E-state index in [0.717, 1.165) is 44.5 Å². The Morgan fingerprint density at radius 2 is 1.96 bits per heavy atom. The second-order valence-electron chi connectivity index (χ2n) is 7.94. The molecule has 2 aliphatic carbocycles. The van der Waals surface area contributed by atoms with Crippen LogP contribution in [0.4, 0.5) is 5.95 Å². The number of aryl methyl sites for hydroxylation is 3. The third-order valence-electron chi connectivity index (χ3n) is 6.01. The molecule has 1 unspecified atom stereocenters. The summed E-state index contributed by atoms with van der Waals surface area (Å²) in [5, 5.41) is 8.30. The summed E-state index contributed by atoms with van der Waals surface area (Å²) in [6.45, 7) is 1.70. The zero-order valence-electron chi connectivity index (χ0n) is 15.9. The summed E-state index contributed by atoms with van der Waals surface area (Å²) >= 11 is 0. The van der Waals surface area contributed by atoms with E-state index in [2.05, 4.69) is 22.0 Å². The Morgan fingerprint density at radius 1 is 1.19 bits per heavy atom. The van der Waals surface area contributed by atoms with Crippen LogP contribution in [-0.2, 0) is 30.9 Å². The van der Waals surface area contributed by atoms with Gasteiger partial charge in [0.1, 0.15) is 0 Å². The smallest absolute Gasteiger partial charge is 0.223 e. The number of rotatable bonds is 4. The molecular weight excluding hydrogens is 360 g/mol. The van der Waals surface area contributed by atoms with Crippen LogP contribution in [0.5, 0.6) is 0 Å². The average Bonchev–Trinajstić information content (AvgIpc) is 3.43. The predicted octanol–water partition coefficient (Wildman–Crippen LogP) is 2.02. The van der Waals surface area contributed by atoms with Gasteiger partial charge in [0.05, 0.1) is 28.1 Å². The summed E-state index contributed by atoms with van der Waals surface area (Å²) in [6, 6.07) is 0.336. The minimum Gasteiger partial charge on any atom is -0.351 e. The van der Waals surface area contributed by atoms with E-state index in [-0.39, 0.29) is 0 Å². The van der Waals surface area contributed by atoms with Crippen LogP contribution in [-0.4, -0.2) is 53.6 Å². The molecule has 3 heterocycles. The number of hydrogen-bond donors (Lipinski definition) is 1. The lowest BCUT2D eigenvalue weighted by Gasteiger charge is -2.30. The molecule has 2 aromatic rings. The van der Waals surface area contributed by atoms with Crippen LogP contribution in [0.25, 0.3) is 11.3 Å². The Kier molecular flexibility index (Phi) is 4.27. The Labute approximate surface area is 162 Å². The van der Waals surface area contributed by atoms with E-state index in [1.54, 1.807) is 6.26 Å². The van der Waals surface area contributed by atoms with Crippen LogP contribution in [0.15, 0.2) is 6.20 Å². The third-order valence-corrected chi connectivity index (χ3v) is 7.10. The van der Waals surface area contributed by atoms with Crippen molar-refractivity contribution >= 4 is 16.9 Å². The molecule has 1 aliphatic heterocycles. The molecule has 1 saturated heterocycles. The topological polar surface area (TPSA) is 75.9 Å². The predicted molar refractivity (Wildman–Crippen MR) is 106 cm³/mol. The highest BCUT2D eigenvalue weighted by atomic mass is 32.2. The lowest BCUT2D eigenvalue weighted by atomic mass is 9.92. The molecule has 2 aromatic heterocycles. The fourth-order valence-electron chi connectivity index (χ4n) is 4.42. The van der Waals surface area contributed by atoms with E-state index >= 15 is 0 Å². The maximum atomic E-state index is 11.6. The van der Waals surface area contributed by atoms with Gasteiger partial charge in [0.25, 0.3) is 0 Å². The van der Waals surface area contributed by atoms with Gasteiger partial charge in [0.2, 0.25) is 5.95 Å². The molecule has 5 rings (SSSR count). The van der Waals surface area contributed by atoms with Gasteiger partial charge < -0.3 is 5.32 Å². The van der Waals surface area contributed by atoms with E-state index in [9.17, 15) is 4.21 Å². The molecule has 0 bridgehead atoms. The van der Waals surface area contributed by atoms with Crippen molar-refractivity contribution in [3.63, 3.8) is 0 Å². The van der Waals surface area contributed by atoms with Gasteiger partial charge in [-0.3, -0.25) is 4.68 Å². The van der Waals surface area contributed by atoms with Crippen molar-refractivity contribution in [3.8, 4) is 11.3 Å². The Balaban J connectivity index is 1.41. The summed E-state index contributed by atoms with van der Waals surface area (Å²) in [6.07, 6.45) is 10.1. The number of nitrogens with one attached hydrogen (secondary N) is 1. The first-order chi connectivity index (χ1) is 13.1. The van der Waals surface area contributed by atoms with E-state index in [1.807, 2.05) is 10.5 Å². The zero-order chi connectivity index (χ0) is 18.5. The van der Waals surface area contributed by atoms with E-state index in [4.69, 9.17) is 10.1 Å². The summed E-state index contributed by atoms with van der Waals surface area (Å²) in [5.74, 6) is 1.35. The van der Waals surface area contributed by atoms with Crippen molar-refractivity contribution in [3.05, 3.63) is 23.1 Å². The molecule has 0 radical (unpaired) electrons. The quantitative estimate of drug-likeness (QED) is 0.870. The van der Waals surface area contributed by atoms with Crippen molar-refractivity contribution in [1.29, 1.82) is 0 Å². The zero-order valence-corrected chi connectivity index (χ0v) is 16.8. The van der Waals surface area contributed by atoms with Gasteiger partial charge in [-0.1, -0.05) is 0 Å². The molecule has 1 saturated carbocycles. The van der Waals surface area contributed by atoms with Crippen LogP contribution in [0.1, 0.15) is 48.6 Å². The molecule has 1 atom stereocenters. The van der Waals surface area contributed by atoms with E-state index in [1.165, 1.54) is 35.4 Å². The summed E-state index contributed by atoms with van der Waals surface area (Å²) in [7, 11) is 1.19. The molecular formula is C19H26N6OS. The molecule has 2 fully saturated rings. The van der Waals surface area contributed by atoms with Crippen molar-refractivity contribution in [2.75, 3.05) is 24.7 Å². The highest BCUT2D eigenvalue weighted by Gasteiger charge is 2.35. The molecule has 27 heavy (non-hydrogen) atoms. The van der Waals surface area contributed by atoms with Crippen molar-refractivity contribution < 1.29 is 4.21 Å². The number of fused-ring (bicyclic) bond motifs is 3. The first kappa shape index (κ1) is 17.3. The molecule has 3 aliphatic rings. The minimum absolute atomic E-state index is 0.336. The lowest BCUT2D eigenvalue weighted by molar-refractivity contribution is 0.346. The first-order valence-electron chi connectivity index (χ1n) is 9.87. The molecule has 0 aromatic carbocycles. The Hall–Kier alpha value is -1.80.